The van der Waals surface area contributed by atoms with E-state index in [0.29, 0.717) is 41.3 Å². The van der Waals surface area contributed by atoms with E-state index in [1.54, 1.807) is 55.4 Å². The third-order valence-electron chi connectivity index (χ3n) is 6.08. The topological polar surface area (TPSA) is 88.5 Å². The van der Waals surface area contributed by atoms with Gasteiger partial charge in [0.05, 0.1) is 7.11 Å². The van der Waals surface area contributed by atoms with E-state index < -0.39 is 23.8 Å². The number of nitrogens with zero attached hydrogens (tertiary/aromatic N) is 3. The van der Waals surface area contributed by atoms with Gasteiger partial charge in [-0.25, -0.2) is 9.18 Å². The molecule has 0 bridgehead atoms. The lowest BCUT2D eigenvalue weighted by Gasteiger charge is -2.36. The molecule has 2 heterocycles. The highest BCUT2D eigenvalue weighted by Gasteiger charge is 2.36. The summed E-state index contributed by atoms with van der Waals surface area (Å²) >= 11 is 0. The third kappa shape index (κ3) is 5.13. The third-order valence-corrected chi connectivity index (χ3v) is 6.08. The van der Waals surface area contributed by atoms with Crippen LogP contribution in [0, 0.1) is 5.82 Å². The summed E-state index contributed by atoms with van der Waals surface area (Å²) < 4.78 is 21.7. The number of rotatable bonds is 4. The molecule has 1 atom stereocenters. The van der Waals surface area contributed by atoms with Gasteiger partial charge in [-0.15, -0.1) is 0 Å². The van der Waals surface area contributed by atoms with Crippen molar-refractivity contribution in [3.8, 4) is 5.75 Å². The normalized spacial score (nSPS) is 15.4. The Morgan fingerprint density at radius 1 is 1.11 bits per heavy atom. The number of amides is 3. The standard InChI is InChI=1S/C26H30FN5O3/c1-26(2,3)20-9-6-17(15-21(20)27)28-24(33)23-19-8-7-18(35-5)14-16(19)10-13-32(23)25(34)29-22-11-12-31(4)30-22/h6-9,11-12,14-15,23H,10,13H2,1-5H3,(H,28,33)(H,29,30,34)/t23-/m1/s1. The Bertz CT molecular complexity index is 1260. The van der Waals surface area contributed by atoms with E-state index in [0.717, 1.165) is 5.56 Å². The molecule has 0 unspecified atom stereocenters. The van der Waals surface area contributed by atoms with Crippen molar-refractivity contribution in [2.24, 2.45) is 7.05 Å². The summed E-state index contributed by atoms with van der Waals surface area (Å²) in [6.45, 7) is 6.09. The van der Waals surface area contributed by atoms with Crippen LogP contribution in [0.25, 0.3) is 0 Å². The average Bonchev–Trinajstić information content (AvgIpc) is 3.21. The van der Waals surface area contributed by atoms with Crippen molar-refractivity contribution in [2.75, 3.05) is 24.3 Å². The zero-order valence-electron chi connectivity index (χ0n) is 20.6. The predicted molar refractivity (Wildman–Crippen MR) is 132 cm³/mol. The van der Waals surface area contributed by atoms with Crippen LogP contribution in [-0.2, 0) is 23.7 Å². The Balaban J connectivity index is 1.65. The molecule has 35 heavy (non-hydrogen) atoms. The van der Waals surface area contributed by atoms with Gasteiger partial charge in [0.1, 0.15) is 17.6 Å². The molecule has 0 spiro atoms. The van der Waals surface area contributed by atoms with Gasteiger partial charge in [0.15, 0.2) is 5.82 Å². The molecule has 184 valence electrons. The molecule has 0 radical (unpaired) electrons. The zero-order valence-corrected chi connectivity index (χ0v) is 20.6. The molecule has 4 rings (SSSR count). The van der Waals surface area contributed by atoms with Crippen LogP contribution in [0.15, 0.2) is 48.7 Å². The molecule has 3 amide bonds. The van der Waals surface area contributed by atoms with Crippen LogP contribution in [-0.4, -0.2) is 40.3 Å². The minimum atomic E-state index is -0.918. The van der Waals surface area contributed by atoms with Crippen LogP contribution in [0.1, 0.15) is 43.5 Å². The smallest absolute Gasteiger partial charge is 0.324 e. The first-order valence-corrected chi connectivity index (χ1v) is 11.4. The van der Waals surface area contributed by atoms with E-state index in [4.69, 9.17) is 4.74 Å². The van der Waals surface area contributed by atoms with Crippen molar-refractivity contribution < 1.29 is 18.7 Å². The van der Waals surface area contributed by atoms with E-state index in [9.17, 15) is 14.0 Å². The number of hydrogen-bond acceptors (Lipinski definition) is 4. The molecular weight excluding hydrogens is 449 g/mol. The summed E-state index contributed by atoms with van der Waals surface area (Å²) in [6.07, 6.45) is 2.27. The number of benzene rings is 2. The molecule has 1 aliphatic rings. The van der Waals surface area contributed by atoms with Gasteiger partial charge < -0.3 is 15.0 Å². The van der Waals surface area contributed by atoms with Gasteiger partial charge in [0, 0.05) is 31.5 Å². The fraction of sp³-hybridized carbons (Fsp3) is 0.346. The van der Waals surface area contributed by atoms with Crippen LogP contribution < -0.4 is 15.4 Å². The first-order valence-electron chi connectivity index (χ1n) is 11.4. The fourth-order valence-corrected chi connectivity index (χ4v) is 4.31. The molecule has 2 aromatic carbocycles. The second kappa shape index (κ2) is 9.40. The van der Waals surface area contributed by atoms with Crippen molar-refractivity contribution in [3.63, 3.8) is 0 Å². The van der Waals surface area contributed by atoms with Gasteiger partial charge in [-0.05, 0) is 52.8 Å². The number of fused-ring (bicyclic) bond motifs is 1. The fourth-order valence-electron chi connectivity index (χ4n) is 4.31. The number of nitrogens with one attached hydrogen (secondary N) is 2. The van der Waals surface area contributed by atoms with E-state index >= 15 is 0 Å². The Kier molecular flexibility index (Phi) is 6.51. The van der Waals surface area contributed by atoms with Gasteiger partial charge in [-0.2, -0.15) is 5.10 Å². The lowest BCUT2D eigenvalue weighted by Crippen LogP contribution is -2.47. The SMILES string of the molecule is COc1ccc2c(c1)CCN(C(=O)Nc1ccn(C)n1)[C@H]2C(=O)Nc1ccc(C(C)(C)C)c(F)c1. The number of hydrogen-bond donors (Lipinski definition) is 2. The highest BCUT2D eigenvalue weighted by atomic mass is 19.1. The number of aryl methyl sites for hydroxylation is 1. The maximum atomic E-state index is 14.8. The highest BCUT2D eigenvalue weighted by molar-refractivity contribution is 6.00. The second-order valence-corrected chi connectivity index (χ2v) is 9.65. The van der Waals surface area contributed by atoms with E-state index in [1.165, 1.54) is 11.0 Å². The Morgan fingerprint density at radius 3 is 2.51 bits per heavy atom. The Labute approximate surface area is 204 Å². The molecule has 2 N–H and O–H groups in total. The minimum absolute atomic E-state index is 0.314. The monoisotopic (exact) mass is 479 g/mol. The highest BCUT2D eigenvalue weighted by Crippen LogP contribution is 2.34. The van der Waals surface area contributed by atoms with Crippen LogP contribution >= 0.6 is 0 Å². The van der Waals surface area contributed by atoms with Crippen molar-refractivity contribution >= 4 is 23.4 Å². The summed E-state index contributed by atoms with van der Waals surface area (Å²) in [5.74, 6) is 0.232. The molecule has 1 aromatic heterocycles. The number of halogens is 1. The minimum Gasteiger partial charge on any atom is -0.497 e. The number of ether oxygens (including phenoxy) is 1. The number of methoxy groups -OCH3 is 1. The molecule has 0 saturated heterocycles. The number of urea groups is 1. The van der Waals surface area contributed by atoms with Crippen LogP contribution in [0.4, 0.5) is 20.7 Å². The summed E-state index contributed by atoms with van der Waals surface area (Å²) in [5, 5.41) is 9.75. The molecule has 0 aliphatic carbocycles. The van der Waals surface area contributed by atoms with Gasteiger partial charge >= 0.3 is 6.03 Å². The number of carbonyl (C=O) groups is 2. The van der Waals surface area contributed by atoms with E-state index in [2.05, 4.69) is 15.7 Å². The molecule has 0 saturated carbocycles. The largest absolute Gasteiger partial charge is 0.497 e. The molecule has 1 aliphatic heterocycles. The lowest BCUT2D eigenvalue weighted by molar-refractivity contribution is -0.120. The molecule has 9 heteroatoms. The van der Waals surface area contributed by atoms with Gasteiger partial charge in [-0.1, -0.05) is 32.9 Å². The Hall–Kier alpha value is -3.88. The number of carbonyl (C=O) groups excluding carboxylic acids is 2. The summed E-state index contributed by atoms with van der Waals surface area (Å²) in [6, 6.07) is 10.4. The van der Waals surface area contributed by atoms with Gasteiger partial charge in [0.2, 0.25) is 0 Å². The maximum absolute atomic E-state index is 14.8. The predicted octanol–water partition coefficient (Wildman–Crippen LogP) is 4.64. The van der Waals surface area contributed by atoms with Gasteiger partial charge in [0.25, 0.3) is 5.91 Å². The van der Waals surface area contributed by atoms with Crippen molar-refractivity contribution in [2.45, 2.75) is 38.6 Å². The van der Waals surface area contributed by atoms with Crippen LogP contribution in [0.2, 0.25) is 0 Å². The van der Waals surface area contributed by atoms with E-state index in [-0.39, 0.29) is 5.41 Å². The Morgan fingerprint density at radius 2 is 1.89 bits per heavy atom. The maximum Gasteiger partial charge on any atom is 0.324 e. The molecule has 3 aromatic rings. The first kappa shape index (κ1) is 24.3. The first-order chi connectivity index (χ1) is 16.6. The summed E-state index contributed by atoms with van der Waals surface area (Å²) in [4.78, 5) is 28.2. The average molecular weight is 480 g/mol. The van der Waals surface area contributed by atoms with Gasteiger partial charge in [-0.3, -0.25) is 14.8 Å². The van der Waals surface area contributed by atoms with E-state index in [1.807, 2.05) is 26.8 Å². The van der Waals surface area contributed by atoms with Crippen molar-refractivity contribution in [3.05, 3.63) is 71.2 Å². The second-order valence-electron chi connectivity index (χ2n) is 9.65. The zero-order chi connectivity index (χ0) is 25.3. The molecule has 0 fully saturated rings. The summed E-state index contributed by atoms with van der Waals surface area (Å²) in [7, 11) is 3.33. The summed E-state index contributed by atoms with van der Waals surface area (Å²) in [5.41, 5.74) is 2.13. The lowest BCUT2D eigenvalue weighted by atomic mass is 9.86. The quantitative estimate of drug-likeness (QED) is 0.571. The molecule has 8 nitrogen and oxygen atoms in total. The number of anilines is 2. The number of aromatic nitrogens is 2. The van der Waals surface area contributed by atoms with Crippen molar-refractivity contribution in [1.29, 1.82) is 0 Å². The van der Waals surface area contributed by atoms with Crippen molar-refractivity contribution in [1.82, 2.24) is 14.7 Å². The molecular formula is C26H30FN5O3. The van der Waals surface area contributed by atoms with Crippen LogP contribution in [0.5, 0.6) is 5.75 Å². The van der Waals surface area contributed by atoms with Crippen LogP contribution in [0.3, 0.4) is 0 Å².